The Kier molecular flexibility index (Phi) is 7.69. The summed E-state index contributed by atoms with van der Waals surface area (Å²) in [7, 11) is -2.16. The van der Waals surface area contributed by atoms with Crippen molar-refractivity contribution in [2.24, 2.45) is 0 Å². The highest BCUT2D eigenvalue weighted by Gasteiger charge is 2.25. The van der Waals surface area contributed by atoms with Gasteiger partial charge in [-0.05, 0) is 6.42 Å². The summed E-state index contributed by atoms with van der Waals surface area (Å²) in [6.45, 7) is 6.01. The van der Waals surface area contributed by atoms with Crippen molar-refractivity contribution >= 4 is 14.0 Å². The summed E-state index contributed by atoms with van der Waals surface area (Å²) >= 11 is 0. The lowest BCUT2D eigenvalue weighted by Crippen LogP contribution is -2.16. The Bertz CT molecular complexity index is 238. The third kappa shape index (κ3) is 7.02. The van der Waals surface area contributed by atoms with Crippen molar-refractivity contribution in [2.75, 3.05) is 6.61 Å². The van der Waals surface area contributed by atoms with Crippen LogP contribution in [0.25, 0.3) is 0 Å². The van der Waals surface area contributed by atoms with Gasteiger partial charge in [-0.25, -0.2) is 0 Å². The molecular weight excluding hydrogens is 227 g/mol. The molecular formula is C11H23O4P. The highest BCUT2D eigenvalue weighted by atomic mass is 31.1. The fourth-order valence-electron chi connectivity index (χ4n) is 1.35. The molecule has 0 aliphatic heterocycles. The molecule has 0 amide bonds. The Morgan fingerprint density at radius 3 is 2.50 bits per heavy atom. The zero-order chi connectivity index (χ0) is 12.6. The Morgan fingerprint density at radius 1 is 1.38 bits per heavy atom. The molecule has 0 fully saturated rings. The predicted octanol–water partition coefficient (Wildman–Crippen LogP) is 3.31. The minimum atomic E-state index is -2.16. The van der Waals surface area contributed by atoms with Gasteiger partial charge in [0.05, 0.1) is 13.0 Å². The SMILES string of the molecule is CCCCCC(C)(C)[PH](=O)OCCC(=O)O. The maximum Gasteiger partial charge on any atom is 0.305 e. The Labute approximate surface area is 98.2 Å². The van der Waals surface area contributed by atoms with Gasteiger partial charge < -0.3 is 9.63 Å². The van der Waals surface area contributed by atoms with Crippen LogP contribution in [0, 0.1) is 0 Å². The molecule has 0 aromatic heterocycles. The van der Waals surface area contributed by atoms with Crippen molar-refractivity contribution in [1.82, 2.24) is 0 Å². The summed E-state index contributed by atoms with van der Waals surface area (Å²) in [6, 6.07) is 0. The molecule has 96 valence electrons. The van der Waals surface area contributed by atoms with E-state index in [0.717, 1.165) is 25.7 Å². The monoisotopic (exact) mass is 250 g/mol. The number of carboxylic acid groups (broad SMARTS) is 1. The second-order valence-corrected chi connectivity index (χ2v) is 6.84. The average molecular weight is 250 g/mol. The highest BCUT2D eigenvalue weighted by Crippen LogP contribution is 2.43. The van der Waals surface area contributed by atoms with Crippen molar-refractivity contribution in [3.05, 3.63) is 0 Å². The van der Waals surface area contributed by atoms with Gasteiger partial charge in [0.2, 0.25) is 0 Å². The third-order valence-corrected chi connectivity index (χ3v) is 4.33. The van der Waals surface area contributed by atoms with Gasteiger partial charge in [-0.2, -0.15) is 0 Å². The number of unbranched alkanes of at least 4 members (excludes halogenated alkanes) is 2. The van der Waals surface area contributed by atoms with Crippen LogP contribution in [0.15, 0.2) is 0 Å². The van der Waals surface area contributed by atoms with E-state index in [2.05, 4.69) is 6.92 Å². The molecule has 0 bridgehead atoms. The average Bonchev–Trinajstić information content (AvgIpc) is 2.17. The van der Waals surface area contributed by atoms with E-state index in [9.17, 15) is 9.36 Å². The summed E-state index contributed by atoms with van der Waals surface area (Å²) in [4.78, 5) is 10.3. The number of carbonyl (C=O) groups is 1. The second-order valence-electron chi connectivity index (χ2n) is 4.62. The maximum absolute atomic E-state index is 11.8. The fourth-order valence-corrected chi connectivity index (χ4v) is 2.40. The molecule has 16 heavy (non-hydrogen) atoms. The smallest absolute Gasteiger partial charge is 0.305 e. The predicted molar refractivity (Wildman–Crippen MR) is 65.4 cm³/mol. The van der Waals surface area contributed by atoms with Gasteiger partial charge in [0.15, 0.2) is 8.03 Å². The molecule has 0 radical (unpaired) electrons. The van der Waals surface area contributed by atoms with Crippen LogP contribution < -0.4 is 0 Å². The zero-order valence-electron chi connectivity index (χ0n) is 10.4. The molecule has 0 saturated carbocycles. The highest BCUT2D eigenvalue weighted by molar-refractivity contribution is 7.41. The van der Waals surface area contributed by atoms with Gasteiger partial charge in [0, 0.05) is 5.16 Å². The van der Waals surface area contributed by atoms with Crippen LogP contribution in [-0.2, 0) is 13.9 Å². The van der Waals surface area contributed by atoms with E-state index < -0.39 is 14.0 Å². The summed E-state index contributed by atoms with van der Waals surface area (Å²) in [5.74, 6) is -0.918. The Hall–Kier alpha value is -0.340. The summed E-state index contributed by atoms with van der Waals surface area (Å²) < 4.78 is 16.9. The van der Waals surface area contributed by atoms with Crippen LogP contribution in [0.1, 0.15) is 52.9 Å². The largest absolute Gasteiger partial charge is 0.481 e. The maximum atomic E-state index is 11.8. The first-order valence-corrected chi connectivity index (χ1v) is 7.11. The zero-order valence-corrected chi connectivity index (χ0v) is 11.4. The van der Waals surface area contributed by atoms with Crippen molar-refractivity contribution in [3.8, 4) is 0 Å². The lowest BCUT2D eigenvalue weighted by Gasteiger charge is -2.23. The van der Waals surface area contributed by atoms with Gasteiger partial charge in [-0.15, -0.1) is 0 Å². The molecule has 0 spiro atoms. The number of hydrogen-bond donors (Lipinski definition) is 1. The molecule has 0 rings (SSSR count). The molecule has 0 aliphatic rings. The molecule has 1 atom stereocenters. The standard InChI is InChI=1S/C11H23O4P/c1-4-5-6-8-11(2,3)16(14)15-9-7-10(12)13/h16H,4-9H2,1-3H3,(H,12,13). The van der Waals surface area contributed by atoms with Gasteiger partial charge >= 0.3 is 5.97 Å². The first-order valence-electron chi connectivity index (χ1n) is 5.79. The second kappa shape index (κ2) is 7.86. The number of carboxylic acids is 1. The molecule has 0 aromatic carbocycles. The minimum absolute atomic E-state index is 0.0460. The third-order valence-electron chi connectivity index (χ3n) is 2.51. The summed E-state index contributed by atoms with van der Waals surface area (Å²) in [6.07, 6.45) is 4.10. The van der Waals surface area contributed by atoms with Crippen LogP contribution in [0.5, 0.6) is 0 Å². The van der Waals surface area contributed by atoms with Gasteiger partial charge in [-0.1, -0.05) is 40.0 Å². The first kappa shape index (κ1) is 15.7. The van der Waals surface area contributed by atoms with Crippen LogP contribution in [0.3, 0.4) is 0 Å². The molecule has 0 aliphatic carbocycles. The Balaban J connectivity index is 3.89. The van der Waals surface area contributed by atoms with E-state index in [0.29, 0.717) is 0 Å². The van der Waals surface area contributed by atoms with Crippen LogP contribution in [0.2, 0.25) is 0 Å². The molecule has 1 N–H and O–H groups in total. The van der Waals surface area contributed by atoms with Gasteiger partial charge in [0.1, 0.15) is 0 Å². The number of hydrogen-bond acceptors (Lipinski definition) is 3. The van der Waals surface area contributed by atoms with Crippen molar-refractivity contribution < 1.29 is 19.0 Å². The van der Waals surface area contributed by atoms with Gasteiger partial charge in [0.25, 0.3) is 0 Å². The van der Waals surface area contributed by atoms with E-state index in [-0.39, 0.29) is 18.2 Å². The topological polar surface area (TPSA) is 63.6 Å². The molecule has 0 heterocycles. The lowest BCUT2D eigenvalue weighted by molar-refractivity contribution is -0.137. The molecule has 0 saturated heterocycles. The molecule has 4 nitrogen and oxygen atoms in total. The van der Waals surface area contributed by atoms with E-state index in [1.807, 2.05) is 13.8 Å². The van der Waals surface area contributed by atoms with E-state index >= 15 is 0 Å². The molecule has 0 aromatic rings. The normalized spacial score (nSPS) is 13.7. The van der Waals surface area contributed by atoms with Crippen LogP contribution >= 0.6 is 8.03 Å². The van der Waals surface area contributed by atoms with Crippen molar-refractivity contribution in [1.29, 1.82) is 0 Å². The summed E-state index contributed by atoms with van der Waals surface area (Å²) in [5, 5.41) is 8.11. The molecule has 1 unspecified atom stereocenters. The van der Waals surface area contributed by atoms with Crippen LogP contribution in [0.4, 0.5) is 0 Å². The van der Waals surface area contributed by atoms with E-state index in [4.69, 9.17) is 9.63 Å². The number of rotatable bonds is 9. The van der Waals surface area contributed by atoms with Gasteiger partial charge in [-0.3, -0.25) is 9.36 Å². The van der Waals surface area contributed by atoms with Crippen molar-refractivity contribution in [3.63, 3.8) is 0 Å². The fraction of sp³-hybridized carbons (Fsp3) is 0.909. The minimum Gasteiger partial charge on any atom is -0.481 e. The summed E-state index contributed by atoms with van der Waals surface area (Å²) in [5.41, 5.74) is 0. The van der Waals surface area contributed by atoms with E-state index in [1.165, 1.54) is 0 Å². The van der Waals surface area contributed by atoms with E-state index in [1.54, 1.807) is 0 Å². The Morgan fingerprint density at radius 2 is 2.00 bits per heavy atom. The molecule has 5 heteroatoms. The van der Waals surface area contributed by atoms with Crippen molar-refractivity contribution in [2.45, 2.75) is 58.0 Å². The first-order chi connectivity index (χ1) is 7.40. The quantitative estimate of drug-likeness (QED) is 0.503. The van der Waals surface area contributed by atoms with Crippen LogP contribution in [-0.4, -0.2) is 22.8 Å². The lowest BCUT2D eigenvalue weighted by atomic mass is 10.0. The number of aliphatic carboxylic acids is 1.